The van der Waals surface area contributed by atoms with E-state index in [1.807, 2.05) is 0 Å². The summed E-state index contributed by atoms with van der Waals surface area (Å²) in [5.74, 6) is -2.48. The smallest absolute Gasteiger partial charge is 0.307 e. The van der Waals surface area contributed by atoms with Crippen LogP contribution in [0.25, 0.3) is 0 Å². The molecule has 1 amide bonds. The zero-order chi connectivity index (χ0) is 18.0. The lowest BCUT2D eigenvalue weighted by molar-refractivity contribution is -0.144. The first kappa shape index (κ1) is 17.8. The molecule has 1 saturated carbocycles. The fourth-order valence-electron chi connectivity index (χ4n) is 3.44. The van der Waals surface area contributed by atoms with Gasteiger partial charge >= 0.3 is 5.97 Å². The standard InChI is InChI=1S/C18H21F2NO4/c1-24-16(22)10-18(4-6-25-7-5-18)21-17(23)14-9-13(14)12-3-2-11(19)8-15(12)20/h2-3,8,13-14H,4-7,9-10H2,1H3,(H,21,23)/t13-,14-/m0/s1. The Balaban J connectivity index is 1.67. The van der Waals surface area contributed by atoms with Gasteiger partial charge in [0.2, 0.25) is 5.91 Å². The van der Waals surface area contributed by atoms with Crippen molar-refractivity contribution in [2.45, 2.75) is 37.1 Å². The highest BCUT2D eigenvalue weighted by Gasteiger charge is 2.48. The van der Waals surface area contributed by atoms with Gasteiger partial charge in [0, 0.05) is 25.2 Å². The van der Waals surface area contributed by atoms with E-state index in [1.54, 1.807) is 0 Å². The van der Waals surface area contributed by atoms with Crippen molar-refractivity contribution in [3.8, 4) is 0 Å². The van der Waals surface area contributed by atoms with Crippen molar-refractivity contribution in [3.05, 3.63) is 35.4 Å². The number of esters is 1. The Labute approximate surface area is 144 Å². The Morgan fingerprint density at radius 2 is 2.04 bits per heavy atom. The van der Waals surface area contributed by atoms with E-state index >= 15 is 0 Å². The Morgan fingerprint density at radius 1 is 1.32 bits per heavy atom. The van der Waals surface area contributed by atoms with Gasteiger partial charge in [0.15, 0.2) is 0 Å². The molecule has 1 aliphatic carbocycles. The largest absolute Gasteiger partial charge is 0.469 e. The SMILES string of the molecule is COC(=O)CC1(NC(=O)[C@H]2C[C@H]2c2ccc(F)cc2F)CCOCC1. The molecule has 1 aromatic rings. The molecule has 25 heavy (non-hydrogen) atoms. The van der Waals surface area contributed by atoms with Crippen LogP contribution < -0.4 is 5.32 Å². The minimum Gasteiger partial charge on any atom is -0.469 e. The van der Waals surface area contributed by atoms with Crippen LogP contribution in [0.3, 0.4) is 0 Å². The number of methoxy groups -OCH3 is 1. The summed E-state index contributed by atoms with van der Waals surface area (Å²) in [4.78, 5) is 24.3. The van der Waals surface area contributed by atoms with Crippen LogP contribution in [0.5, 0.6) is 0 Å². The van der Waals surface area contributed by atoms with E-state index in [2.05, 4.69) is 5.32 Å². The van der Waals surface area contributed by atoms with Crippen LogP contribution in [0.15, 0.2) is 18.2 Å². The Morgan fingerprint density at radius 3 is 2.68 bits per heavy atom. The second-order valence-electron chi connectivity index (χ2n) is 6.75. The summed E-state index contributed by atoms with van der Waals surface area (Å²) in [6, 6.07) is 3.42. The topological polar surface area (TPSA) is 64.6 Å². The summed E-state index contributed by atoms with van der Waals surface area (Å²) >= 11 is 0. The highest BCUT2D eigenvalue weighted by atomic mass is 19.1. The van der Waals surface area contributed by atoms with Gasteiger partial charge in [0.05, 0.1) is 19.1 Å². The first-order valence-corrected chi connectivity index (χ1v) is 8.36. The molecule has 1 heterocycles. The number of hydrogen-bond acceptors (Lipinski definition) is 4. The molecule has 3 rings (SSSR count). The van der Waals surface area contributed by atoms with E-state index in [-0.39, 0.29) is 30.1 Å². The van der Waals surface area contributed by atoms with E-state index in [0.29, 0.717) is 38.0 Å². The van der Waals surface area contributed by atoms with Crippen molar-refractivity contribution in [3.63, 3.8) is 0 Å². The third-order valence-corrected chi connectivity index (χ3v) is 5.04. The lowest BCUT2D eigenvalue weighted by Gasteiger charge is -2.37. The van der Waals surface area contributed by atoms with Crippen molar-refractivity contribution in [2.24, 2.45) is 5.92 Å². The molecule has 2 fully saturated rings. The lowest BCUT2D eigenvalue weighted by atomic mass is 9.86. The maximum Gasteiger partial charge on any atom is 0.307 e. The molecule has 0 spiro atoms. The monoisotopic (exact) mass is 353 g/mol. The second-order valence-corrected chi connectivity index (χ2v) is 6.75. The molecule has 1 saturated heterocycles. The van der Waals surface area contributed by atoms with Gasteiger partial charge in [-0.1, -0.05) is 6.07 Å². The van der Waals surface area contributed by atoms with Crippen LogP contribution in [0.2, 0.25) is 0 Å². The molecular formula is C18H21F2NO4. The molecule has 1 aromatic carbocycles. The normalized spacial score (nSPS) is 24.4. The van der Waals surface area contributed by atoms with Crippen LogP contribution >= 0.6 is 0 Å². The minimum atomic E-state index is -0.684. The highest BCUT2D eigenvalue weighted by Crippen LogP contribution is 2.49. The van der Waals surface area contributed by atoms with Crippen molar-refractivity contribution in [1.82, 2.24) is 5.32 Å². The number of carbonyl (C=O) groups excluding carboxylic acids is 2. The molecule has 0 aromatic heterocycles. The predicted octanol–water partition coefficient (Wildman–Crippen LogP) is 2.30. The van der Waals surface area contributed by atoms with E-state index in [9.17, 15) is 18.4 Å². The lowest BCUT2D eigenvalue weighted by Crippen LogP contribution is -2.53. The van der Waals surface area contributed by atoms with Gasteiger partial charge in [0.25, 0.3) is 0 Å². The number of nitrogens with one attached hydrogen (secondary N) is 1. The number of benzene rings is 1. The molecule has 5 nitrogen and oxygen atoms in total. The van der Waals surface area contributed by atoms with Gasteiger partial charge in [-0.05, 0) is 36.8 Å². The van der Waals surface area contributed by atoms with E-state index in [1.165, 1.54) is 19.2 Å². The third-order valence-electron chi connectivity index (χ3n) is 5.04. The quantitative estimate of drug-likeness (QED) is 0.825. The van der Waals surface area contributed by atoms with Crippen molar-refractivity contribution >= 4 is 11.9 Å². The highest BCUT2D eigenvalue weighted by molar-refractivity contribution is 5.84. The molecule has 0 bridgehead atoms. The van der Waals surface area contributed by atoms with Gasteiger partial charge < -0.3 is 14.8 Å². The molecule has 0 radical (unpaired) electrons. The summed E-state index contributed by atoms with van der Waals surface area (Å²) in [7, 11) is 1.31. The van der Waals surface area contributed by atoms with Gasteiger partial charge in [-0.25, -0.2) is 8.78 Å². The van der Waals surface area contributed by atoms with Crippen LogP contribution in [0.4, 0.5) is 8.78 Å². The summed E-state index contributed by atoms with van der Waals surface area (Å²) in [6.45, 7) is 0.913. The molecule has 1 aliphatic heterocycles. The van der Waals surface area contributed by atoms with Crippen molar-refractivity contribution in [1.29, 1.82) is 0 Å². The number of rotatable bonds is 5. The Kier molecular flexibility index (Phi) is 5.03. The Bertz CT molecular complexity index is 673. The fourth-order valence-corrected chi connectivity index (χ4v) is 3.44. The van der Waals surface area contributed by atoms with Crippen LogP contribution in [0.1, 0.15) is 37.2 Å². The first-order valence-electron chi connectivity index (χ1n) is 8.36. The Hall–Kier alpha value is -2.02. The molecule has 136 valence electrons. The number of amides is 1. The zero-order valence-electron chi connectivity index (χ0n) is 14.0. The minimum absolute atomic E-state index is 0.0842. The van der Waals surface area contributed by atoms with Gasteiger partial charge in [-0.3, -0.25) is 9.59 Å². The molecular weight excluding hydrogens is 332 g/mol. The maximum atomic E-state index is 13.9. The molecule has 2 aliphatic rings. The third kappa shape index (κ3) is 3.98. The summed E-state index contributed by atoms with van der Waals surface area (Å²) in [5.41, 5.74) is -0.327. The number of halogens is 2. The van der Waals surface area contributed by atoms with Gasteiger partial charge in [-0.15, -0.1) is 0 Å². The van der Waals surface area contributed by atoms with Crippen LogP contribution in [-0.2, 0) is 19.1 Å². The average Bonchev–Trinajstić information content (AvgIpc) is 3.36. The number of carbonyl (C=O) groups is 2. The van der Waals surface area contributed by atoms with Gasteiger partial charge in [0.1, 0.15) is 11.6 Å². The van der Waals surface area contributed by atoms with E-state index < -0.39 is 17.2 Å². The van der Waals surface area contributed by atoms with Gasteiger partial charge in [-0.2, -0.15) is 0 Å². The van der Waals surface area contributed by atoms with Crippen LogP contribution in [-0.4, -0.2) is 37.7 Å². The van der Waals surface area contributed by atoms with E-state index in [4.69, 9.17) is 9.47 Å². The second kappa shape index (κ2) is 7.07. The summed E-state index contributed by atoms with van der Waals surface area (Å²) in [6.07, 6.45) is 1.65. The number of hydrogen-bond donors (Lipinski definition) is 1. The van der Waals surface area contributed by atoms with E-state index in [0.717, 1.165) is 6.07 Å². The molecule has 0 unspecified atom stereocenters. The number of ether oxygens (including phenoxy) is 2. The molecule has 1 N–H and O–H groups in total. The maximum absolute atomic E-state index is 13.9. The average molecular weight is 353 g/mol. The van der Waals surface area contributed by atoms with Crippen LogP contribution in [0, 0.1) is 17.6 Å². The zero-order valence-corrected chi connectivity index (χ0v) is 14.0. The summed E-state index contributed by atoms with van der Waals surface area (Å²) in [5, 5.41) is 2.97. The molecule has 2 atom stereocenters. The fraction of sp³-hybridized carbons (Fsp3) is 0.556. The summed E-state index contributed by atoms with van der Waals surface area (Å²) < 4.78 is 37.0. The molecule has 7 heteroatoms. The van der Waals surface area contributed by atoms with Crippen molar-refractivity contribution < 1.29 is 27.8 Å². The predicted molar refractivity (Wildman–Crippen MR) is 84.8 cm³/mol. The first-order chi connectivity index (χ1) is 11.9. The van der Waals surface area contributed by atoms with Crippen molar-refractivity contribution in [2.75, 3.05) is 20.3 Å².